The number of nitrogens with zero attached hydrogens (tertiary/aromatic N) is 2. The van der Waals surface area contributed by atoms with E-state index in [1.807, 2.05) is 0 Å². The van der Waals surface area contributed by atoms with E-state index in [0.29, 0.717) is 44.9 Å². The molecule has 3 fully saturated rings. The van der Waals surface area contributed by atoms with Gasteiger partial charge in [0.05, 0.1) is 25.1 Å². The molecule has 1 aliphatic carbocycles. The highest BCUT2D eigenvalue weighted by atomic mass is 32.2. The number of ether oxygens (including phenoxy) is 2. The van der Waals surface area contributed by atoms with Crippen molar-refractivity contribution in [2.45, 2.75) is 50.0 Å². The summed E-state index contributed by atoms with van der Waals surface area (Å²) in [6, 6.07) is 0.503. The Morgan fingerprint density at radius 2 is 2.09 bits per heavy atom. The molecule has 2 aliphatic heterocycles. The van der Waals surface area contributed by atoms with E-state index in [2.05, 4.69) is 25.8 Å². The molecule has 0 aromatic rings. The molecule has 2 saturated heterocycles. The Balaban J connectivity index is 1.66. The molecule has 0 unspecified atom stereocenters. The molecule has 1 saturated carbocycles. The summed E-state index contributed by atoms with van der Waals surface area (Å²) >= 11 is 0. The summed E-state index contributed by atoms with van der Waals surface area (Å²) in [5.74, 6) is 0.439. The van der Waals surface area contributed by atoms with Gasteiger partial charge in [-0.3, -0.25) is 0 Å². The van der Waals surface area contributed by atoms with Crippen molar-refractivity contribution in [3.63, 3.8) is 0 Å². The van der Waals surface area contributed by atoms with Gasteiger partial charge in [-0.2, -0.15) is 4.31 Å². The predicted molar refractivity (Wildman–Crippen MR) is 88.9 cm³/mol. The summed E-state index contributed by atoms with van der Waals surface area (Å²) in [6.07, 6.45) is 2.48. The van der Waals surface area contributed by atoms with Gasteiger partial charge in [-0.15, -0.1) is 0 Å². The van der Waals surface area contributed by atoms with Crippen LogP contribution in [0.2, 0.25) is 0 Å². The van der Waals surface area contributed by atoms with E-state index in [1.165, 1.54) is 0 Å². The molecule has 23 heavy (non-hydrogen) atoms. The maximum atomic E-state index is 12.6. The van der Waals surface area contributed by atoms with Gasteiger partial charge >= 0.3 is 0 Å². The fourth-order valence-corrected chi connectivity index (χ4v) is 5.45. The van der Waals surface area contributed by atoms with Crippen LogP contribution < -0.4 is 0 Å². The monoisotopic (exact) mass is 346 g/mol. The van der Waals surface area contributed by atoms with Gasteiger partial charge in [0.25, 0.3) is 0 Å². The quantitative estimate of drug-likeness (QED) is 0.741. The molecule has 3 aliphatic rings. The van der Waals surface area contributed by atoms with E-state index in [1.54, 1.807) is 4.31 Å². The average Bonchev–Trinajstić information content (AvgIpc) is 3.28. The molecule has 0 amide bonds. The first-order valence-corrected chi connectivity index (χ1v) is 10.2. The van der Waals surface area contributed by atoms with E-state index in [9.17, 15) is 8.42 Å². The van der Waals surface area contributed by atoms with Crippen molar-refractivity contribution in [1.29, 1.82) is 0 Å². The molecular weight excluding hydrogens is 316 g/mol. The highest BCUT2D eigenvalue weighted by Crippen LogP contribution is 2.37. The van der Waals surface area contributed by atoms with Gasteiger partial charge in [-0.1, -0.05) is 0 Å². The second-order valence-electron chi connectivity index (χ2n) is 7.73. The van der Waals surface area contributed by atoms with Gasteiger partial charge in [-0.25, -0.2) is 8.42 Å². The minimum Gasteiger partial charge on any atom is -0.377 e. The Morgan fingerprint density at radius 1 is 1.35 bits per heavy atom. The summed E-state index contributed by atoms with van der Waals surface area (Å²) < 4.78 is 38.7. The minimum absolute atomic E-state index is 0.165. The Bertz CT molecular complexity index is 520. The van der Waals surface area contributed by atoms with E-state index < -0.39 is 15.6 Å². The SMILES string of the molecule is CC(C)N(C)C[C@@H]1CO[C@]2(COCCN(S(=O)(=O)C3CC3)C2)C1. The van der Waals surface area contributed by atoms with E-state index in [-0.39, 0.29) is 5.25 Å². The van der Waals surface area contributed by atoms with Crippen molar-refractivity contribution in [3.8, 4) is 0 Å². The normalized spacial score (nSPS) is 33.7. The molecule has 0 aromatic carbocycles. The van der Waals surface area contributed by atoms with Gasteiger partial charge in [0.2, 0.25) is 10.0 Å². The van der Waals surface area contributed by atoms with Crippen molar-refractivity contribution in [1.82, 2.24) is 9.21 Å². The molecule has 0 radical (unpaired) electrons. The van der Waals surface area contributed by atoms with Crippen molar-refractivity contribution >= 4 is 10.0 Å². The van der Waals surface area contributed by atoms with Crippen LogP contribution in [0.3, 0.4) is 0 Å². The Kier molecular flexibility index (Phi) is 5.05. The number of sulfonamides is 1. The van der Waals surface area contributed by atoms with Crippen LogP contribution in [-0.2, 0) is 19.5 Å². The molecule has 0 aromatic heterocycles. The first-order valence-electron chi connectivity index (χ1n) is 8.73. The Hall–Kier alpha value is -0.210. The zero-order valence-electron chi connectivity index (χ0n) is 14.5. The van der Waals surface area contributed by atoms with Gasteiger partial charge in [0.15, 0.2) is 0 Å². The molecule has 7 heteroatoms. The maximum Gasteiger partial charge on any atom is 0.217 e. The molecule has 6 nitrogen and oxygen atoms in total. The highest BCUT2D eigenvalue weighted by Gasteiger charge is 2.48. The number of rotatable bonds is 5. The Labute approximate surface area is 140 Å². The molecule has 2 atom stereocenters. The summed E-state index contributed by atoms with van der Waals surface area (Å²) in [5, 5.41) is -0.165. The third kappa shape index (κ3) is 3.90. The third-order valence-corrected chi connectivity index (χ3v) is 7.68. The lowest BCUT2D eigenvalue weighted by Crippen LogP contribution is -2.47. The van der Waals surface area contributed by atoms with Crippen LogP contribution in [0.5, 0.6) is 0 Å². The van der Waals surface area contributed by atoms with E-state index in [4.69, 9.17) is 9.47 Å². The zero-order chi connectivity index (χ0) is 16.7. The van der Waals surface area contributed by atoms with Gasteiger partial charge in [0.1, 0.15) is 5.60 Å². The van der Waals surface area contributed by atoms with Crippen LogP contribution in [0.25, 0.3) is 0 Å². The summed E-state index contributed by atoms with van der Waals surface area (Å²) in [4.78, 5) is 2.32. The van der Waals surface area contributed by atoms with Gasteiger partial charge in [-0.05, 0) is 46.1 Å². The standard InChI is InChI=1S/C16H30N2O4S/c1-13(2)17(3)9-14-8-16(22-10-14)11-18(6-7-21-12-16)23(19,20)15-4-5-15/h13-15H,4-12H2,1-3H3/t14-,16-/m1/s1. The first-order chi connectivity index (χ1) is 10.8. The molecule has 134 valence electrons. The summed E-state index contributed by atoms with van der Waals surface area (Å²) in [5.41, 5.74) is -0.457. The second-order valence-corrected chi connectivity index (χ2v) is 9.94. The molecule has 1 spiro atoms. The van der Waals surface area contributed by atoms with Crippen LogP contribution in [0.4, 0.5) is 0 Å². The molecule has 0 N–H and O–H groups in total. The van der Waals surface area contributed by atoms with Crippen LogP contribution in [0.15, 0.2) is 0 Å². The van der Waals surface area contributed by atoms with E-state index >= 15 is 0 Å². The van der Waals surface area contributed by atoms with Gasteiger partial charge in [0, 0.05) is 25.7 Å². The first kappa shape index (κ1) is 17.6. The topological polar surface area (TPSA) is 59.1 Å². The fraction of sp³-hybridized carbons (Fsp3) is 1.00. The smallest absolute Gasteiger partial charge is 0.217 e. The van der Waals surface area contributed by atoms with E-state index in [0.717, 1.165) is 25.8 Å². The highest BCUT2D eigenvalue weighted by molar-refractivity contribution is 7.90. The van der Waals surface area contributed by atoms with Crippen molar-refractivity contribution in [2.24, 2.45) is 5.92 Å². The second kappa shape index (κ2) is 6.59. The van der Waals surface area contributed by atoms with Crippen LogP contribution in [0, 0.1) is 5.92 Å². The fourth-order valence-electron chi connectivity index (χ4n) is 3.55. The minimum atomic E-state index is -3.17. The number of hydrogen-bond donors (Lipinski definition) is 0. The van der Waals surface area contributed by atoms with Crippen molar-refractivity contribution in [2.75, 3.05) is 46.5 Å². The lowest BCUT2D eigenvalue weighted by Gasteiger charge is -2.31. The van der Waals surface area contributed by atoms with Crippen molar-refractivity contribution in [3.05, 3.63) is 0 Å². The van der Waals surface area contributed by atoms with Crippen LogP contribution in [-0.4, -0.2) is 81.0 Å². The average molecular weight is 346 g/mol. The molecule has 3 rings (SSSR count). The summed E-state index contributed by atoms with van der Waals surface area (Å²) in [7, 11) is -1.04. The largest absolute Gasteiger partial charge is 0.377 e. The molecular formula is C16H30N2O4S. The predicted octanol–water partition coefficient (Wildman–Crippen LogP) is 0.926. The lowest BCUT2D eigenvalue weighted by atomic mass is 9.94. The summed E-state index contributed by atoms with van der Waals surface area (Å²) in [6.45, 7) is 7.93. The number of hydrogen-bond acceptors (Lipinski definition) is 5. The van der Waals surface area contributed by atoms with Gasteiger partial charge < -0.3 is 14.4 Å². The lowest BCUT2D eigenvalue weighted by molar-refractivity contribution is -0.0513. The van der Waals surface area contributed by atoms with Crippen LogP contribution in [0.1, 0.15) is 33.1 Å². The molecule has 2 heterocycles. The molecule has 0 bridgehead atoms. The third-order valence-electron chi connectivity index (χ3n) is 5.33. The maximum absolute atomic E-state index is 12.6. The zero-order valence-corrected chi connectivity index (χ0v) is 15.3. The Morgan fingerprint density at radius 3 is 2.74 bits per heavy atom. The van der Waals surface area contributed by atoms with Crippen molar-refractivity contribution < 1.29 is 17.9 Å². The van der Waals surface area contributed by atoms with Crippen LogP contribution >= 0.6 is 0 Å².